The number of H-pyrrole nitrogens is 1. The average molecular weight is 434 g/mol. The van der Waals surface area contributed by atoms with Crippen LogP contribution < -0.4 is 4.74 Å². The predicted molar refractivity (Wildman–Crippen MR) is 116 cm³/mol. The normalized spacial score (nSPS) is 17.9. The van der Waals surface area contributed by atoms with E-state index < -0.39 is 18.4 Å². The van der Waals surface area contributed by atoms with Gasteiger partial charge in [0.25, 0.3) is 11.8 Å². The van der Waals surface area contributed by atoms with Gasteiger partial charge in [-0.05, 0) is 29.8 Å². The smallest absolute Gasteiger partial charge is 0.287 e. The molecule has 1 atom stereocenters. The van der Waals surface area contributed by atoms with E-state index in [1.807, 2.05) is 24.3 Å². The summed E-state index contributed by atoms with van der Waals surface area (Å²) in [6, 6.07) is 17.8. The minimum Gasteiger partial charge on any atom is -0.466 e. The second kappa shape index (κ2) is 8.03. The number of aromatic amines is 1. The highest BCUT2D eigenvalue weighted by Crippen LogP contribution is 2.32. The summed E-state index contributed by atoms with van der Waals surface area (Å²) in [6.45, 7) is -0.275. The van der Waals surface area contributed by atoms with E-state index in [0.29, 0.717) is 11.1 Å². The van der Waals surface area contributed by atoms with Crippen LogP contribution in [0, 0.1) is 0 Å². The number of nitrogens with one attached hydrogen (secondary N) is 1. The minimum atomic E-state index is -3.07. The summed E-state index contributed by atoms with van der Waals surface area (Å²) in [5.74, 6) is -3.27. The molecule has 0 aliphatic carbocycles. The van der Waals surface area contributed by atoms with Crippen molar-refractivity contribution in [3.63, 3.8) is 0 Å². The number of fused-ring (bicyclic) bond motifs is 1. The summed E-state index contributed by atoms with van der Waals surface area (Å²) < 4.78 is 34.9. The van der Waals surface area contributed by atoms with Crippen LogP contribution in [0.5, 0.6) is 5.88 Å². The fraction of sp³-hybridized carbons (Fsp3) is 0.208. The van der Waals surface area contributed by atoms with E-state index >= 15 is 0 Å². The van der Waals surface area contributed by atoms with E-state index in [4.69, 9.17) is 4.74 Å². The van der Waals surface area contributed by atoms with Gasteiger partial charge in [0.2, 0.25) is 5.88 Å². The van der Waals surface area contributed by atoms with Crippen LogP contribution in [0.15, 0.2) is 73.1 Å². The largest absolute Gasteiger partial charge is 0.466 e. The maximum absolute atomic E-state index is 14.7. The molecule has 2 aromatic carbocycles. The number of benzene rings is 2. The Morgan fingerprint density at radius 1 is 1.09 bits per heavy atom. The van der Waals surface area contributed by atoms with Gasteiger partial charge in [0.15, 0.2) is 6.10 Å². The quantitative estimate of drug-likeness (QED) is 0.511. The molecule has 1 N–H and O–H groups in total. The van der Waals surface area contributed by atoms with Crippen LogP contribution in [0.4, 0.5) is 8.78 Å². The zero-order valence-electron chi connectivity index (χ0n) is 17.0. The van der Waals surface area contributed by atoms with Crippen molar-refractivity contribution in [2.75, 3.05) is 13.1 Å². The minimum absolute atomic E-state index is 0.0488. The van der Waals surface area contributed by atoms with Crippen molar-refractivity contribution in [3.8, 4) is 17.0 Å². The molecule has 8 heteroatoms. The molecule has 6 nitrogen and oxygen atoms in total. The maximum Gasteiger partial charge on any atom is 0.287 e. The lowest BCUT2D eigenvalue weighted by molar-refractivity contribution is -0.131. The summed E-state index contributed by atoms with van der Waals surface area (Å²) in [6.07, 6.45) is 1.43. The summed E-state index contributed by atoms with van der Waals surface area (Å²) in [5, 5.41) is 7.55. The van der Waals surface area contributed by atoms with Gasteiger partial charge >= 0.3 is 0 Å². The van der Waals surface area contributed by atoms with Gasteiger partial charge in [-0.25, -0.2) is 13.8 Å². The third-order valence-corrected chi connectivity index (χ3v) is 5.64. The highest BCUT2D eigenvalue weighted by Gasteiger charge is 2.47. The number of pyridine rings is 1. The van der Waals surface area contributed by atoms with E-state index in [-0.39, 0.29) is 24.9 Å². The number of likely N-dealkylation sites (tertiary alicyclic amines) is 1. The Kier molecular flexibility index (Phi) is 5.05. The number of carbonyl (C=O) groups is 1. The fourth-order valence-electron chi connectivity index (χ4n) is 3.86. The molecule has 0 unspecified atom stereocenters. The lowest BCUT2D eigenvalue weighted by Crippen LogP contribution is -2.55. The molecular weight excluding hydrogens is 414 g/mol. The number of carbonyl (C=O) groups excluding carboxylic acids is 1. The predicted octanol–water partition coefficient (Wildman–Crippen LogP) is 4.55. The standard InChI is InChI=1S/C24H20F2N4O2/c25-24(26)10-11-30(23(31)18-6-3-5-17(12-18)19-13-27-28-14-19)15-21(24)32-22-9-8-16-4-1-2-7-20(16)29-22/h1-9,12-14,21H,10-11,15H2,(H,27,28)/t21-/m0/s1. The van der Waals surface area contributed by atoms with Crippen LogP contribution in [0.1, 0.15) is 16.8 Å². The molecule has 2 aromatic heterocycles. The maximum atomic E-state index is 14.7. The molecule has 1 aliphatic heterocycles. The van der Waals surface area contributed by atoms with Gasteiger partial charge in [-0.1, -0.05) is 30.3 Å². The Hall–Kier alpha value is -3.81. The van der Waals surface area contributed by atoms with Crippen molar-refractivity contribution in [1.82, 2.24) is 20.1 Å². The summed E-state index contributed by atoms with van der Waals surface area (Å²) in [4.78, 5) is 18.8. The topological polar surface area (TPSA) is 71.1 Å². The number of ether oxygens (including phenoxy) is 1. The third kappa shape index (κ3) is 3.91. The number of piperidine rings is 1. The highest BCUT2D eigenvalue weighted by atomic mass is 19.3. The number of hydrogen-bond acceptors (Lipinski definition) is 4. The van der Waals surface area contributed by atoms with Crippen LogP contribution in [0.25, 0.3) is 22.0 Å². The molecule has 3 heterocycles. The molecular formula is C24H20F2N4O2. The van der Waals surface area contributed by atoms with Crippen LogP contribution in [-0.2, 0) is 0 Å². The van der Waals surface area contributed by atoms with Gasteiger partial charge in [0, 0.05) is 41.7 Å². The van der Waals surface area contributed by atoms with E-state index in [0.717, 1.165) is 16.5 Å². The molecule has 0 spiro atoms. The molecule has 0 bridgehead atoms. The summed E-state index contributed by atoms with van der Waals surface area (Å²) >= 11 is 0. The first-order valence-corrected chi connectivity index (χ1v) is 10.3. The Labute approximate surface area is 182 Å². The Bertz CT molecular complexity index is 1260. The summed E-state index contributed by atoms with van der Waals surface area (Å²) in [7, 11) is 0. The zero-order valence-corrected chi connectivity index (χ0v) is 17.0. The molecule has 1 saturated heterocycles. The van der Waals surface area contributed by atoms with E-state index in [1.165, 1.54) is 4.90 Å². The Morgan fingerprint density at radius 3 is 2.81 bits per heavy atom. The first-order valence-electron chi connectivity index (χ1n) is 10.3. The van der Waals surface area contributed by atoms with Crippen molar-refractivity contribution in [2.24, 2.45) is 0 Å². The molecule has 32 heavy (non-hydrogen) atoms. The molecule has 1 aliphatic rings. The second-order valence-corrected chi connectivity index (χ2v) is 7.78. The van der Waals surface area contributed by atoms with Crippen molar-refractivity contribution < 1.29 is 18.3 Å². The average Bonchev–Trinajstić information content (AvgIpc) is 3.35. The van der Waals surface area contributed by atoms with Gasteiger partial charge < -0.3 is 9.64 Å². The number of aromatic nitrogens is 3. The number of hydrogen-bond donors (Lipinski definition) is 1. The van der Waals surface area contributed by atoms with Crippen molar-refractivity contribution in [1.29, 1.82) is 0 Å². The first-order chi connectivity index (χ1) is 15.5. The molecule has 4 aromatic rings. The van der Waals surface area contributed by atoms with Crippen LogP contribution in [-0.4, -0.2) is 51.1 Å². The van der Waals surface area contributed by atoms with E-state index in [9.17, 15) is 13.6 Å². The zero-order chi connectivity index (χ0) is 22.1. The SMILES string of the molecule is O=C(c1cccc(-c2cn[nH]c2)c1)N1CCC(F)(F)[C@@H](Oc2ccc3ccccc3n2)C1. The number of para-hydroxylation sites is 1. The van der Waals surface area contributed by atoms with Gasteiger partial charge in [-0.2, -0.15) is 5.10 Å². The highest BCUT2D eigenvalue weighted by molar-refractivity contribution is 5.95. The Morgan fingerprint density at radius 2 is 1.97 bits per heavy atom. The van der Waals surface area contributed by atoms with Crippen molar-refractivity contribution in [3.05, 3.63) is 78.6 Å². The number of amides is 1. The number of rotatable bonds is 4. The molecule has 0 radical (unpaired) electrons. The summed E-state index contributed by atoms with van der Waals surface area (Å²) in [5.41, 5.74) is 2.75. The molecule has 1 fully saturated rings. The van der Waals surface area contributed by atoms with Gasteiger partial charge in [-0.15, -0.1) is 0 Å². The van der Waals surface area contributed by atoms with E-state index in [2.05, 4.69) is 15.2 Å². The second-order valence-electron chi connectivity index (χ2n) is 7.78. The lowest BCUT2D eigenvalue weighted by Gasteiger charge is -2.38. The number of nitrogens with zero attached hydrogens (tertiary/aromatic N) is 3. The van der Waals surface area contributed by atoms with Gasteiger partial charge in [0.1, 0.15) is 0 Å². The van der Waals surface area contributed by atoms with Gasteiger partial charge in [0.05, 0.1) is 18.3 Å². The van der Waals surface area contributed by atoms with Crippen LogP contribution in [0.2, 0.25) is 0 Å². The third-order valence-electron chi connectivity index (χ3n) is 5.64. The lowest BCUT2D eigenvalue weighted by atomic mass is 10.0. The number of halogens is 2. The van der Waals surface area contributed by atoms with Gasteiger partial charge in [-0.3, -0.25) is 9.89 Å². The number of alkyl halides is 2. The van der Waals surface area contributed by atoms with E-state index in [1.54, 1.807) is 48.8 Å². The Balaban J connectivity index is 1.36. The van der Waals surface area contributed by atoms with Crippen molar-refractivity contribution in [2.45, 2.75) is 18.4 Å². The monoisotopic (exact) mass is 434 g/mol. The van der Waals surface area contributed by atoms with Crippen molar-refractivity contribution >= 4 is 16.8 Å². The van der Waals surface area contributed by atoms with Crippen LogP contribution >= 0.6 is 0 Å². The molecule has 162 valence electrons. The molecule has 5 rings (SSSR count). The fourth-order valence-corrected chi connectivity index (χ4v) is 3.86. The van der Waals surface area contributed by atoms with Crippen LogP contribution in [0.3, 0.4) is 0 Å². The molecule has 0 saturated carbocycles. The molecule has 1 amide bonds. The first kappa shape index (κ1) is 20.1.